The van der Waals surface area contributed by atoms with Crippen LogP contribution in [-0.4, -0.2) is 25.0 Å². The number of carbonyl (C=O) groups excluding carboxylic acids is 1. The molecule has 0 saturated heterocycles. The van der Waals surface area contributed by atoms with Crippen LogP contribution in [0.15, 0.2) is 0 Å². The molecule has 0 aromatic heterocycles. The zero-order valence-electron chi connectivity index (χ0n) is 12.5. The van der Waals surface area contributed by atoms with Crippen LogP contribution >= 0.6 is 0 Å². The lowest BCUT2D eigenvalue weighted by Crippen LogP contribution is -2.39. The Hall–Kier alpha value is -0.570. The molecule has 2 N–H and O–H groups in total. The molecule has 2 saturated carbocycles. The van der Waals surface area contributed by atoms with E-state index >= 15 is 0 Å². The van der Waals surface area contributed by atoms with Crippen molar-refractivity contribution in [3.05, 3.63) is 0 Å². The van der Waals surface area contributed by atoms with Crippen LogP contribution in [0, 0.1) is 5.41 Å². The summed E-state index contributed by atoms with van der Waals surface area (Å²) in [6.07, 6.45) is 12.5. The molecule has 0 unspecified atom stereocenters. The number of carbonyl (C=O) groups is 1. The zero-order chi connectivity index (χ0) is 13.6. The first-order valence-electron chi connectivity index (χ1n) is 8.28. The van der Waals surface area contributed by atoms with Gasteiger partial charge in [0, 0.05) is 24.5 Å². The second-order valence-corrected chi connectivity index (χ2v) is 6.43. The van der Waals surface area contributed by atoms with Gasteiger partial charge in [-0.25, -0.2) is 0 Å². The van der Waals surface area contributed by atoms with Crippen molar-refractivity contribution >= 4 is 5.91 Å². The Morgan fingerprint density at radius 3 is 2.37 bits per heavy atom. The predicted molar refractivity (Wildman–Crippen MR) is 79.1 cm³/mol. The number of nitrogens with one attached hydrogen (secondary N) is 2. The average Bonchev–Trinajstić information content (AvgIpc) is 3.20. The molecule has 2 fully saturated rings. The lowest BCUT2D eigenvalue weighted by Gasteiger charge is -2.18. The van der Waals surface area contributed by atoms with Gasteiger partial charge in [-0.1, -0.05) is 39.0 Å². The van der Waals surface area contributed by atoms with Gasteiger partial charge in [0.25, 0.3) is 0 Å². The van der Waals surface area contributed by atoms with Crippen molar-refractivity contribution in [2.75, 3.05) is 13.1 Å². The first kappa shape index (κ1) is 14.8. The Bertz CT molecular complexity index is 278. The Labute approximate surface area is 117 Å². The molecule has 0 radical (unpaired) electrons. The van der Waals surface area contributed by atoms with Gasteiger partial charge in [-0.2, -0.15) is 0 Å². The van der Waals surface area contributed by atoms with Crippen molar-refractivity contribution in [1.29, 1.82) is 0 Å². The van der Waals surface area contributed by atoms with Crippen LogP contribution in [0.1, 0.15) is 71.1 Å². The van der Waals surface area contributed by atoms with Crippen molar-refractivity contribution < 1.29 is 4.79 Å². The van der Waals surface area contributed by atoms with E-state index in [1.807, 2.05) is 0 Å². The lowest BCUT2D eigenvalue weighted by atomic mass is 10.00. The van der Waals surface area contributed by atoms with Crippen molar-refractivity contribution in [1.82, 2.24) is 10.6 Å². The van der Waals surface area contributed by atoms with Crippen LogP contribution in [-0.2, 0) is 4.79 Å². The monoisotopic (exact) mass is 266 g/mol. The molecule has 0 aliphatic heterocycles. The summed E-state index contributed by atoms with van der Waals surface area (Å²) < 4.78 is 0. The van der Waals surface area contributed by atoms with E-state index in [0.29, 0.717) is 11.9 Å². The van der Waals surface area contributed by atoms with Crippen LogP contribution in [0.5, 0.6) is 0 Å². The molecule has 2 rings (SSSR count). The maximum atomic E-state index is 12.1. The highest BCUT2D eigenvalue weighted by molar-refractivity contribution is 5.85. The maximum absolute atomic E-state index is 12.1. The van der Waals surface area contributed by atoms with E-state index in [2.05, 4.69) is 17.6 Å². The summed E-state index contributed by atoms with van der Waals surface area (Å²) in [4.78, 5) is 12.1. The molecule has 3 nitrogen and oxygen atoms in total. The van der Waals surface area contributed by atoms with Crippen molar-refractivity contribution in [3.63, 3.8) is 0 Å². The summed E-state index contributed by atoms with van der Waals surface area (Å²) in [5, 5.41) is 6.73. The van der Waals surface area contributed by atoms with Gasteiger partial charge in [0.05, 0.1) is 0 Å². The van der Waals surface area contributed by atoms with Crippen LogP contribution in [0.25, 0.3) is 0 Å². The van der Waals surface area contributed by atoms with Crippen LogP contribution in [0.2, 0.25) is 0 Å². The number of hydrogen-bond acceptors (Lipinski definition) is 2. The van der Waals surface area contributed by atoms with Crippen molar-refractivity contribution in [2.45, 2.75) is 77.2 Å². The summed E-state index contributed by atoms with van der Waals surface area (Å²) in [6.45, 7) is 3.89. The molecule has 0 aromatic rings. The van der Waals surface area contributed by atoms with Gasteiger partial charge in [-0.3, -0.25) is 4.79 Å². The summed E-state index contributed by atoms with van der Waals surface area (Å²) in [5.41, 5.74) is 0.0249. The zero-order valence-corrected chi connectivity index (χ0v) is 12.5. The fourth-order valence-electron chi connectivity index (χ4n) is 3.34. The SMILES string of the molecule is CCCC1(C(=O)NCCNC2CCCCCC2)CC1. The minimum atomic E-state index is 0.0249. The molecule has 0 bridgehead atoms. The third kappa shape index (κ3) is 4.48. The third-order valence-corrected chi connectivity index (χ3v) is 4.76. The predicted octanol–water partition coefficient (Wildman–Crippen LogP) is 3.00. The van der Waals surface area contributed by atoms with E-state index < -0.39 is 0 Å². The van der Waals surface area contributed by atoms with E-state index in [1.165, 1.54) is 38.5 Å². The van der Waals surface area contributed by atoms with E-state index in [-0.39, 0.29) is 5.41 Å². The summed E-state index contributed by atoms with van der Waals surface area (Å²) in [6, 6.07) is 0.685. The van der Waals surface area contributed by atoms with Gasteiger partial charge >= 0.3 is 0 Å². The van der Waals surface area contributed by atoms with E-state index in [4.69, 9.17) is 0 Å². The molecular formula is C16H30N2O. The molecule has 19 heavy (non-hydrogen) atoms. The summed E-state index contributed by atoms with van der Waals surface area (Å²) in [7, 11) is 0. The van der Waals surface area contributed by atoms with E-state index in [1.54, 1.807) is 0 Å². The molecule has 2 aliphatic carbocycles. The molecule has 0 aromatic carbocycles. The fourth-order valence-corrected chi connectivity index (χ4v) is 3.34. The highest BCUT2D eigenvalue weighted by atomic mass is 16.2. The van der Waals surface area contributed by atoms with Gasteiger partial charge in [-0.15, -0.1) is 0 Å². The second kappa shape index (κ2) is 7.28. The van der Waals surface area contributed by atoms with Gasteiger partial charge in [0.2, 0.25) is 5.91 Å². The van der Waals surface area contributed by atoms with E-state index in [0.717, 1.165) is 38.8 Å². The summed E-state index contributed by atoms with van der Waals surface area (Å²) >= 11 is 0. The number of rotatable bonds is 7. The molecule has 1 amide bonds. The number of amides is 1. The molecule has 0 atom stereocenters. The Morgan fingerprint density at radius 1 is 1.11 bits per heavy atom. The molecule has 3 heteroatoms. The van der Waals surface area contributed by atoms with Gasteiger partial charge < -0.3 is 10.6 Å². The molecule has 0 heterocycles. The Balaban J connectivity index is 1.57. The van der Waals surface area contributed by atoms with Crippen LogP contribution < -0.4 is 10.6 Å². The number of hydrogen-bond donors (Lipinski definition) is 2. The Morgan fingerprint density at radius 2 is 1.79 bits per heavy atom. The largest absolute Gasteiger partial charge is 0.354 e. The normalized spacial score (nSPS) is 22.8. The quantitative estimate of drug-likeness (QED) is 0.549. The topological polar surface area (TPSA) is 41.1 Å². The third-order valence-electron chi connectivity index (χ3n) is 4.76. The second-order valence-electron chi connectivity index (χ2n) is 6.43. The van der Waals surface area contributed by atoms with Gasteiger partial charge in [0.15, 0.2) is 0 Å². The van der Waals surface area contributed by atoms with Gasteiger partial charge in [-0.05, 0) is 32.1 Å². The smallest absolute Gasteiger partial charge is 0.226 e. The minimum absolute atomic E-state index is 0.0249. The molecular weight excluding hydrogens is 236 g/mol. The van der Waals surface area contributed by atoms with Crippen LogP contribution in [0.3, 0.4) is 0 Å². The van der Waals surface area contributed by atoms with E-state index in [9.17, 15) is 4.79 Å². The fraction of sp³-hybridized carbons (Fsp3) is 0.938. The standard InChI is InChI=1S/C16H30N2O/c1-2-9-16(10-11-16)15(19)18-13-12-17-14-7-5-3-4-6-8-14/h14,17H,2-13H2,1H3,(H,18,19). The molecule has 2 aliphatic rings. The molecule has 110 valence electrons. The Kier molecular flexibility index (Phi) is 5.68. The van der Waals surface area contributed by atoms with Gasteiger partial charge in [0.1, 0.15) is 0 Å². The average molecular weight is 266 g/mol. The highest BCUT2D eigenvalue weighted by Gasteiger charge is 2.48. The lowest BCUT2D eigenvalue weighted by molar-refractivity contribution is -0.126. The highest BCUT2D eigenvalue weighted by Crippen LogP contribution is 2.49. The van der Waals surface area contributed by atoms with Crippen molar-refractivity contribution in [2.24, 2.45) is 5.41 Å². The molecule has 0 spiro atoms. The van der Waals surface area contributed by atoms with Crippen LogP contribution in [0.4, 0.5) is 0 Å². The summed E-state index contributed by atoms with van der Waals surface area (Å²) in [5.74, 6) is 0.303. The first-order chi connectivity index (χ1) is 9.27. The first-order valence-corrected chi connectivity index (χ1v) is 8.28. The maximum Gasteiger partial charge on any atom is 0.226 e. The minimum Gasteiger partial charge on any atom is -0.354 e. The van der Waals surface area contributed by atoms with Crippen molar-refractivity contribution in [3.8, 4) is 0 Å².